The van der Waals surface area contributed by atoms with E-state index in [1.54, 1.807) is 0 Å². The molecule has 0 saturated heterocycles. The SMILES string of the molecule is Cc1ccc(C(=O)OCC(=O)Nc2nc3c(F)c(F)c(F)cc3s2)cc1F. The van der Waals surface area contributed by atoms with E-state index in [4.69, 9.17) is 4.74 Å². The lowest BCUT2D eigenvalue weighted by Crippen LogP contribution is -2.20. The molecule has 3 aromatic rings. The lowest BCUT2D eigenvalue weighted by Gasteiger charge is -2.05. The molecule has 0 aliphatic heterocycles. The van der Waals surface area contributed by atoms with Crippen molar-refractivity contribution in [1.29, 1.82) is 0 Å². The van der Waals surface area contributed by atoms with Gasteiger partial charge in [0.25, 0.3) is 5.91 Å². The molecule has 5 nitrogen and oxygen atoms in total. The van der Waals surface area contributed by atoms with Gasteiger partial charge in [0.1, 0.15) is 11.3 Å². The number of thiazole rings is 1. The van der Waals surface area contributed by atoms with Crippen LogP contribution in [0.5, 0.6) is 0 Å². The second kappa shape index (κ2) is 7.31. The molecule has 2 aromatic carbocycles. The molecule has 0 aliphatic carbocycles. The van der Waals surface area contributed by atoms with E-state index in [0.29, 0.717) is 5.56 Å². The van der Waals surface area contributed by atoms with Crippen molar-refractivity contribution in [2.45, 2.75) is 6.92 Å². The number of carbonyl (C=O) groups excluding carboxylic acids is 2. The van der Waals surface area contributed by atoms with Gasteiger partial charge < -0.3 is 4.74 Å². The number of aromatic nitrogens is 1. The monoisotopic (exact) mass is 398 g/mol. The van der Waals surface area contributed by atoms with Crippen molar-refractivity contribution >= 4 is 38.6 Å². The summed E-state index contributed by atoms with van der Waals surface area (Å²) in [5, 5.41) is 2.10. The molecule has 0 fully saturated rings. The van der Waals surface area contributed by atoms with Crippen molar-refractivity contribution in [3.63, 3.8) is 0 Å². The highest BCUT2D eigenvalue weighted by atomic mass is 32.1. The number of halogens is 4. The van der Waals surface area contributed by atoms with Gasteiger partial charge >= 0.3 is 5.97 Å². The van der Waals surface area contributed by atoms with E-state index < -0.39 is 47.3 Å². The first-order valence-corrected chi connectivity index (χ1v) is 8.25. The Kier molecular flexibility index (Phi) is 5.08. The smallest absolute Gasteiger partial charge is 0.338 e. The quantitative estimate of drug-likeness (QED) is 0.410. The maximum Gasteiger partial charge on any atom is 0.338 e. The topological polar surface area (TPSA) is 68.3 Å². The first-order chi connectivity index (χ1) is 12.8. The molecule has 0 unspecified atom stereocenters. The third-order valence-electron chi connectivity index (χ3n) is 3.51. The van der Waals surface area contributed by atoms with E-state index in [1.165, 1.54) is 19.1 Å². The number of nitrogens with one attached hydrogen (secondary N) is 1. The number of hydrogen-bond acceptors (Lipinski definition) is 5. The van der Waals surface area contributed by atoms with Crippen LogP contribution in [-0.4, -0.2) is 23.5 Å². The number of amides is 1. The summed E-state index contributed by atoms with van der Waals surface area (Å²) in [6.45, 7) is 0.811. The van der Waals surface area contributed by atoms with Crippen molar-refractivity contribution in [3.05, 3.63) is 58.7 Å². The van der Waals surface area contributed by atoms with Gasteiger partial charge in [0.15, 0.2) is 29.2 Å². The zero-order chi connectivity index (χ0) is 19.7. The van der Waals surface area contributed by atoms with Crippen LogP contribution in [-0.2, 0) is 9.53 Å². The van der Waals surface area contributed by atoms with Gasteiger partial charge in [-0.25, -0.2) is 27.3 Å². The molecular formula is C17H10F4N2O3S. The molecule has 3 rings (SSSR count). The Labute approximate surface area is 153 Å². The standard InChI is InChI=1S/C17H10F4N2O3S/c1-7-2-3-8(4-9(7)18)16(25)26-6-12(24)22-17-23-15-11(27-17)5-10(19)13(20)14(15)21/h2-5H,6H2,1H3,(H,22,23,24). The molecule has 0 atom stereocenters. The number of benzene rings is 2. The van der Waals surface area contributed by atoms with Crippen LogP contribution in [0.1, 0.15) is 15.9 Å². The lowest BCUT2D eigenvalue weighted by atomic mass is 10.1. The van der Waals surface area contributed by atoms with Gasteiger partial charge in [-0.15, -0.1) is 0 Å². The zero-order valence-electron chi connectivity index (χ0n) is 13.6. The number of esters is 1. The van der Waals surface area contributed by atoms with Gasteiger partial charge in [0.05, 0.1) is 10.3 Å². The third kappa shape index (κ3) is 3.90. The Hall–Kier alpha value is -3.01. The molecule has 140 valence electrons. The minimum Gasteiger partial charge on any atom is -0.452 e. The van der Waals surface area contributed by atoms with Gasteiger partial charge in [-0.1, -0.05) is 17.4 Å². The van der Waals surface area contributed by atoms with E-state index in [9.17, 15) is 27.2 Å². The van der Waals surface area contributed by atoms with Crippen LogP contribution in [0.2, 0.25) is 0 Å². The molecule has 1 heterocycles. The molecule has 10 heteroatoms. The predicted molar refractivity (Wildman–Crippen MR) is 89.5 cm³/mol. The molecule has 1 N–H and O–H groups in total. The Morgan fingerprint density at radius 2 is 1.85 bits per heavy atom. The summed E-state index contributed by atoms with van der Waals surface area (Å²) in [4.78, 5) is 27.3. The molecule has 27 heavy (non-hydrogen) atoms. The Morgan fingerprint density at radius 1 is 1.11 bits per heavy atom. The largest absolute Gasteiger partial charge is 0.452 e. The summed E-state index contributed by atoms with van der Waals surface area (Å²) >= 11 is 0.717. The molecule has 1 amide bonds. The second-order valence-corrected chi connectivity index (χ2v) is 6.47. The molecule has 0 radical (unpaired) electrons. The van der Waals surface area contributed by atoms with E-state index in [1.807, 2.05) is 0 Å². The summed E-state index contributed by atoms with van der Waals surface area (Å²) in [5.74, 6) is -6.81. The van der Waals surface area contributed by atoms with Crippen LogP contribution in [0.3, 0.4) is 0 Å². The summed E-state index contributed by atoms with van der Waals surface area (Å²) in [5.41, 5.74) is -0.152. The molecule has 0 saturated carbocycles. The minimum absolute atomic E-state index is 0.00572. The van der Waals surface area contributed by atoms with E-state index >= 15 is 0 Å². The van der Waals surface area contributed by atoms with Crippen LogP contribution >= 0.6 is 11.3 Å². The molecule has 0 spiro atoms. The number of anilines is 1. The van der Waals surface area contributed by atoms with Crippen molar-refractivity contribution in [1.82, 2.24) is 4.98 Å². The maximum atomic E-state index is 13.6. The summed E-state index contributed by atoms with van der Waals surface area (Å²) in [6, 6.07) is 4.47. The first-order valence-electron chi connectivity index (χ1n) is 7.43. The van der Waals surface area contributed by atoms with E-state index in [2.05, 4.69) is 10.3 Å². The average Bonchev–Trinajstić information content (AvgIpc) is 3.02. The highest BCUT2D eigenvalue weighted by Crippen LogP contribution is 2.30. The number of rotatable bonds is 4. The molecule has 0 bridgehead atoms. The normalized spacial score (nSPS) is 10.9. The van der Waals surface area contributed by atoms with Gasteiger partial charge in [-0.05, 0) is 30.7 Å². The fourth-order valence-corrected chi connectivity index (χ4v) is 3.02. The summed E-state index contributed by atoms with van der Waals surface area (Å²) < 4.78 is 58.2. The van der Waals surface area contributed by atoms with Crippen molar-refractivity contribution < 1.29 is 31.9 Å². The Balaban J connectivity index is 1.65. The van der Waals surface area contributed by atoms with Crippen molar-refractivity contribution in [2.75, 3.05) is 11.9 Å². The maximum absolute atomic E-state index is 13.6. The van der Waals surface area contributed by atoms with Gasteiger partial charge in [0.2, 0.25) is 0 Å². The van der Waals surface area contributed by atoms with Crippen LogP contribution < -0.4 is 5.32 Å². The number of fused-ring (bicyclic) bond motifs is 1. The fraction of sp³-hybridized carbons (Fsp3) is 0.118. The molecule has 1 aromatic heterocycles. The number of carbonyl (C=O) groups is 2. The minimum atomic E-state index is -1.66. The van der Waals surface area contributed by atoms with Crippen molar-refractivity contribution in [3.8, 4) is 0 Å². The lowest BCUT2D eigenvalue weighted by molar-refractivity contribution is -0.119. The van der Waals surface area contributed by atoms with Crippen LogP contribution in [0.15, 0.2) is 24.3 Å². The number of nitrogens with zero attached hydrogens (tertiary/aromatic N) is 1. The predicted octanol–water partition coefficient (Wildman–Crippen LogP) is 3.96. The number of aryl methyl sites for hydroxylation is 1. The van der Waals surface area contributed by atoms with Crippen LogP contribution in [0, 0.1) is 30.2 Å². The Bertz CT molecular complexity index is 1070. The fourth-order valence-electron chi connectivity index (χ4n) is 2.12. The second-order valence-electron chi connectivity index (χ2n) is 5.44. The number of hydrogen-bond donors (Lipinski definition) is 1. The third-order valence-corrected chi connectivity index (χ3v) is 4.43. The van der Waals surface area contributed by atoms with Gasteiger partial charge in [-0.2, -0.15) is 0 Å². The summed E-state index contributed by atoms with van der Waals surface area (Å²) in [6.07, 6.45) is 0. The highest BCUT2D eigenvalue weighted by Gasteiger charge is 2.19. The van der Waals surface area contributed by atoms with Crippen LogP contribution in [0.4, 0.5) is 22.7 Å². The summed E-state index contributed by atoms with van der Waals surface area (Å²) in [7, 11) is 0. The average molecular weight is 398 g/mol. The number of ether oxygens (including phenoxy) is 1. The van der Waals surface area contributed by atoms with E-state index in [-0.39, 0.29) is 15.4 Å². The Morgan fingerprint density at radius 3 is 2.56 bits per heavy atom. The van der Waals surface area contributed by atoms with Gasteiger partial charge in [-0.3, -0.25) is 10.1 Å². The van der Waals surface area contributed by atoms with Crippen LogP contribution in [0.25, 0.3) is 10.2 Å². The van der Waals surface area contributed by atoms with E-state index in [0.717, 1.165) is 23.5 Å². The molecular weight excluding hydrogens is 388 g/mol. The molecule has 0 aliphatic rings. The highest BCUT2D eigenvalue weighted by molar-refractivity contribution is 7.22. The van der Waals surface area contributed by atoms with Crippen molar-refractivity contribution in [2.24, 2.45) is 0 Å². The first kappa shape index (κ1) is 18.8. The van der Waals surface area contributed by atoms with Gasteiger partial charge in [0, 0.05) is 0 Å². The zero-order valence-corrected chi connectivity index (χ0v) is 14.4.